The standard InChI is InChI=1S/C13H11NO2/c15-12-5-8-7-14-11-4-2-1-3-9(11)10(8)6-13(12)16/h2,4-7,15-16H,1,3H2. The molecule has 1 aromatic carbocycles. The molecule has 1 aliphatic carbocycles. The van der Waals surface area contributed by atoms with Crippen molar-refractivity contribution in [2.24, 2.45) is 0 Å². The highest BCUT2D eigenvalue weighted by Gasteiger charge is 2.12. The second-order valence-electron chi connectivity index (χ2n) is 3.99. The Kier molecular flexibility index (Phi) is 1.86. The minimum Gasteiger partial charge on any atom is -0.504 e. The number of aryl methyl sites for hydroxylation is 1. The highest BCUT2D eigenvalue weighted by molar-refractivity contribution is 5.90. The minimum atomic E-state index is -0.0967. The highest BCUT2D eigenvalue weighted by atomic mass is 16.3. The van der Waals surface area contributed by atoms with E-state index in [2.05, 4.69) is 11.1 Å². The van der Waals surface area contributed by atoms with Crippen molar-refractivity contribution in [3.05, 3.63) is 35.7 Å². The molecule has 0 saturated heterocycles. The van der Waals surface area contributed by atoms with E-state index in [4.69, 9.17) is 0 Å². The van der Waals surface area contributed by atoms with Crippen molar-refractivity contribution in [1.82, 2.24) is 4.98 Å². The fourth-order valence-corrected chi connectivity index (χ4v) is 2.15. The number of aromatic hydroxyl groups is 2. The van der Waals surface area contributed by atoms with Crippen molar-refractivity contribution >= 4 is 16.8 Å². The minimum absolute atomic E-state index is 0.0737. The van der Waals surface area contributed by atoms with Gasteiger partial charge < -0.3 is 10.2 Å². The van der Waals surface area contributed by atoms with Crippen molar-refractivity contribution in [1.29, 1.82) is 0 Å². The van der Waals surface area contributed by atoms with Gasteiger partial charge in [-0.25, -0.2) is 0 Å². The molecular formula is C13H11NO2. The first-order valence-electron chi connectivity index (χ1n) is 5.26. The number of allylic oxidation sites excluding steroid dienone is 1. The van der Waals surface area contributed by atoms with Gasteiger partial charge in [0.25, 0.3) is 0 Å². The lowest BCUT2D eigenvalue weighted by atomic mass is 9.96. The molecule has 0 bridgehead atoms. The van der Waals surface area contributed by atoms with E-state index in [-0.39, 0.29) is 11.5 Å². The zero-order valence-electron chi connectivity index (χ0n) is 8.64. The van der Waals surface area contributed by atoms with Gasteiger partial charge in [-0.1, -0.05) is 6.08 Å². The van der Waals surface area contributed by atoms with Crippen LogP contribution in [-0.4, -0.2) is 15.2 Å². The van der Waals surface area contributed by atoms with Gasteiger partial charge in [0.05, 0.1) is 5.69 Å². The van der Waals surface area contributed by atoms with Crippen LogP contribution >= 0.6 is 0 Å². The van der Waals surface area contributed by atoms with Crippen LogP contribution in [0.5, 0.6) is 11.5 Å². The lowest BCUT2D eigenvalue weighted by Gasteiger charge is -2.13. The van der Waals surface area contributed by atoms with E-state index in [1.54, 1.807) is 18.3 Å². The van der Waals surface area contributed by atoms with Crippen molar-refractivity contribution in [3.8, 4) is 11.5 Å². The molecule has 3 rings (SSSR count). The average Bonchev–Trinajstić information content (AvgIpc) is 2.31. The zero-order valence-corrected chi connectivity index (χ0v) is 8.64. The van der Waals surface area contributed by atoms with E-state index in [1.807, 2.05) is 6.08 Å². The van der Waals surface area contributed by atoms with Crippen molar-refractivity contribution in [2.75, 3.05) is 0 Å². The Balaban J connectivity index is 2.39. The zero-order chi connectivity index (χ0) is 11.1. The first-order chi connectivity index (χ1) is 7.75. The van der Waals surface area contributed by atoms with E-state index in [0.29, 0.717) is 0 Å². The molecule has 0 fully saturated rings. The maximum absolute atomic E-state index is 9.53. The Hall–Kier alpha value is -2.03. The van der Waals surface area contributed by atoms with Gasteiger partial charge in [0.2, 0.25) is 0 Å². The third kappa shape index (κ3) is 1.25. The van der Waals surface area contributed by atoms with E-state index < -0.39 is 0 Å². The SMILES string of the molecule is Oc1cc2cnc3c(c2cc1O)CCC=C3. The fourth-order valence-electron chi connectivity index (χ4n) is 2.15. The molecule has 0 amide bonds. The largest absolute Gasteiger partial charge is 0.504 e. The average molecular weight is 213 g/mol. The summed E-state index contributed by atoms with van der Waals surface area (Å²) in [6, 6.07) is 3.17. The molecule has 2 N–H and O–H groups in total. The molecule has 1 heterocycles. The van der Waals surface area contributed by atoms with Crippen LogP contribution in [0.15, 0.2) is 24.4 Å². The number of hydrogen-bond acceptors (Lipinski definition) is 3. The summed E-state index contributed by atoms with van der Waals surface area (Å²) in [5.74, 6) is -0.170. The molecule has 0 saturated carbocycles. The van der Waals surface area contributed by atoms with Crippen LogP contribution in [0.2, 0.25) is 0 Å². The summed E-state index contributed by atoms with van der Waals surface area (Å²) in [4.78, 5) is 4.34. The summed E-state index contributed by atoms with van der Waals surface area (Å²) in [7, 11) is 0. The van der Waals surface area contributed by atoms with Gasteiger partial charge in [0, 0.05) is 11.6 Å². The van der Waals surface area contributed by atoms with E-state index >= 15 is 0 Å². The Morgan fingerprint density at radius 1 is 1.12 bits per heavy atom. The van der Waals surface area contributed by atoms with Crippen LogP contribution in [0.1, 0.15) is 17.7 Å². The van der Waals surface area contributed by atoms with E-state index in [1.165, 1.54) is 0 Å². The molecule has 3 nitrogen and oxygen atoms in total. The molecule has 0 spiro atoms. The first kappa shape index (κ1) is 9.21. The summed E-state index contributed by atoms with van der Waals surface area (Å²) >= 11 is 0. The maximum Gasteiger partial charge on any atom is 0.158 e. The summed E-state index contributed by atoms with van der Waals surface area (Å²) < 4.78 is 0. The summed E-state index contributed by atoms with van der Waals surface area (Å²) in [6.07, 6.45) is 7.75. The molecule has 0 unspecified atom stereocenters. The van der Waals surface area contributed by atoms with Crippen molar-refractivity contribution in [2.45, 2.75) is 12.8 Å². The van der Waals surface area contributed by atoms with Crippen LogP contribution < -0.4 is 0 Å². The lowest BCUT2D eigenvalue weighted by Crippen LogP contribution is -1.98. The quantitative estimate of drug-likeness (QED) is 0.661. The number of phenolic OH excluding ortho intramolecular Hbond substituents is 2. The Morgan fingerprint density at radius 3 is 2.81 bits per heavy atom. The number of pyridine rings is 1. The summed E-state index contributed by atoms with van der Waals surface area (Å²) in [5.41, 5.74) is 2.11. The van der Waals surface area contributed by atoms with Crippen molar-refractivity contribution in [3.63, 3.8) is 0 Å². The number of phenols is 2. The van der Waals surface area contributed by atoms with E-state index in [9.17, 15) is 10.2 Å². The Morgan fingerprint density at radius 2 is 1.94 bits per heavy atom. The van der Waals surface area contributed by atoms with Crippen LogP contribution in [0, 0.1) is 0 Å². The van der Waals surface area contributed by atoms with Gasteiger partial charge >= 0.3 is 0 Å². The molecule has 1 aromatic heterocycles. The normalized spacial score (nSPS) is 14.0. The Bertz CT molecular complexity index is 602. The van der Waals surface area contributed by atoms with Crippen LogP contribution in [0.3, 0.4) is 0 Å². The number of hydrogen-bond donors (Lipinski definition) is 2. The van der Waals surface area contributed by atoms with Gasteiger partial charge in [-0.15, -0.1) is 0 Å². The van der Waals surface area contributed by atoms with Gasteiger partial charge in [0.15, 0.2) is 11.5 Å². The number of fused-ring (bicyclic) bond motifs is 3. The van der Waals surface area contributed by atoms with Crippen molar-refractivity contribution < 1.29 is 10.2 Å². The van der Waals surface area contributed by atoms with Crippen LogP contribution in [0.4, 0.5) is 0 Å². The molecule has 0 radical (unpaired) electrons. The number of benzene rings is 1. The van der Waals surface area contributed by atoms with Crippen LogP contribution in [0.25, 0.3) is 16.8 Å². The Labute approximate surface area is 92.7 Å². The molecule has 3 heteroatoms. The third-order valence-corrected chi connectivity index (χ3v) is 2.96. The second-order valence-corrected chi connectivity index (χ2v) is 3.99. The lowest BCUT2D eigenvalue weighted by molar-refractivity contribution is 0.405. The molecule has 16 heavy (non-hydrogen) atoms. The first-order valence-corrected chi connectivity index (χ1v) is 5.26. The fraction of sp³-hybridized carbons (Fsp3) is 0.154. The molecule has 80 valence electrons. The number of nitrogens with zero attached hydrogens (tertiary/aromatic N) is 1. The summed E-state index contributed by atoms with van der Waals surface area (Å²) in [6.45, 7) is 0. The molecular weight excluding hydrogens is 202 g/mol. The monoisotopic (exact) mass is 213 g/mol. The predicted octanol–water partition coefficient (Wildman–Crippen LogP) is 2.61. The smallest absolute Gasteiger partial charge is 0.158 e. The third-order valence-electron chi connectivity index (χ3n) is 2.96. The predicted molar refractivity (Wildman–Crippen MR) is 62.4 cm³/mol. The topological polar surface area (TPSA) is 53.4 Å². The molecule has 0 atom stereocenters. The van der Waals surface area contributed by atoms with Gasteiger partial charge in [-0.05, 0) is 42.0 Å². The molecule has 0 aliphatic heterocycles. The second kappa shape index (κ2) is 3.23. The van der Waals surface area contributed by atoms with Gasteiger partial charge in [-0.3, -0.25) is 4.98 Å². The number of aromatic nitrogens is 1. The molecule has 2 aromatic rings. The maximum atomic E-state index is 9.53. The molecule has 1 aliphatic rings. The number of rotatable bonds is 0. The highest BCUT2D eigenvalue weighted by Crippen LogP contribution is 2.34. The van der Waals surface area contributed by atoms with Gasteiger partial charge in [0.1, 0.15) is 0 Å². The van der Waals surface area contributed by atoms with Gasteiger partial charge in [-0.2, -0.15) is 0 Å². The van der Waals surface area contributed by atoms with E-state index in [0.717, 1.165) is 34.9 Å². The summed E-state index contributed by atoms with van der Waals surface area (Å²) in [5, 5.41) is 20.8. The van der Waals surface area contributed by atoms with Crippen LogP contribution in [-0.2, 0) is 6.42 Å².